The fourth-order valence-electron chi connectivity index (χ4n) is 3.26. The van der Waals surface area contributed by atoms with Gasteiger partial charge in [0, 0.05) is 5.57 Å². The maximum atomic E-state index is 10.8. The lowest BCUT2D eigenvalue weighted by Crippen LogP contribution is -2.09. The quantitative estimate of drug-likeness (QED) is 0.582. The van der Waals surface area contributed by atoms with E-state index in [2.05, 4.69) is 6.92 Å². The van der Waals surface area contributed by atoms with Crippen molar-refractivity contribution in [3.8, 4) is 0 Å². The van der Waals surface area contributed by atoms with Gasteiger partial charge in [0.1, 0.15) is 0 Å². The summed E-state index contributed by atoms with van der Waals surface area (Å²) in [4.78, 5) is 19.5. The van der Waals surface area contributed by atoms with Gasteiger partial charge in [-0.1, -0.05) is 64.4 Å². The van der Waals surface area contributed by atoms with E-state index in [1.54, 1.807) is 6.08 Å². The minimum absolute atomic E-state index is 0.105. The van der Waals surface area contributed by atoms with Gasteiger partial charge in [0.25, 0.3) is 0 Å². The van der Waals surface area contributed by atoms with Gasteiger partial charge in [0.15, 0.2) is 8.03 Å². The van der Waals surface area contributed by atoms with E-state index in [0.29, 0.717) is 0 Å². The second kappa shape index (κ2) is 11.0. The molecule has 2 aliphatic rings. The first kappa shape index (κ1) is 19.4. The van der Waals surface area contributed by atoms with Gasteiger partial charge in [-0.15, -0.1) is 0 Å². The van der Waals surface area contributed by atoms with Crippen LogP contribution in [0.2, 0.25) is 0 Å². The van der Waals surface area contributed by atoms with E-state index >= 15 is 0 Å². The normalized spacial score (nSPS) is 22.5. The van der Waals surface area contributed by atoms with E-state index in [0.717, 1.165) is 31.6 Å². The van der Waals surface area contributed by atoms with Crippen LogP contribution < -0.4 is 0 Å². The highest BCUT2D eigenvalue weighted by molar-refractivity contribution is 7.38. The average molecular weight is 330 g/mol. The number of hydrogen-bond acceptors (Lipinski definition) is 2. The molecule has 0 radical (unpaired) electrons. The van der Waals surface area contributed by atoms with E-state index in [4.69, 9.17) is 10.00 Å². The Morgan fingerprint density at radius 1 is 1.05 bits per heavy atom. The van der Waals surface area contributed by atoms with Crippen molar-refractivity contribution in [3.63, 3.8) is 0 Å². The molecule has 2 fully saturated rings. The maximum Gasteiger partial charge on any atom is 0.331 e. The summed E-state index contributed by atoms with van der Waals surface area (Å²) in [6.07, 6.45) is 14.4. The zero-order valence-corrected chi connectivity index (χ0v) is 14.7. The molecule has 2 N–H and O–H groups in total. The monoisotopic (exact) mass is 330 g/mol. The summed E-state index contributed by atoms with van der Waals surface area (Å²) < 4.78 is 10.6. The predicted octanol–water partition coefficient (Wildman–Crippen LogP) is 4.63. The predicted molar refractivity (Wildman–Crippen MR) is 90.6 cm³/mol. The molecule has 2 saturated carbocycles. The molecule has 0 saturated heterocycles. The van der Waals surface area contributed by atoms with Crippen molar-refractivity contribution < 1.29 is 19.4 Å². The SMILES string of the molecule is CC1CCCCC1.O=C(O)C(=CC1CCCCC1)C[PH](=O)O. The molecule has 0 spiro atoms. The van der Waals surface area contributed by atoms with Crippen LogP contribution in [0, 0.1) is 11.8 Å². The Hall–Kier alpha value is -0.600. The molecule has 2 aliphatic carbocycles. The molecule has 0 bridgehead atoms. The van der Waals surface area contributed by atoms with Crippen molar-refractivity contribution in [2.75, 3.05) is 6.16 Å². The van der Waals surface area contributed by atoms with Crippen molar-refractivity contribution in [3.05, 3.63) is 11.6 Å². The Bertz CT molecular complexity index is 380. The van der Waals surface area contributed by atoms with Gasteiger partial charge in [-0.3, -0.25) is 4.57 Å². The number of carbonyl (C=O) groups is 1. The Morgan fingerprint density at radius 2 is 1.55 bits per heavy atom. The fraction of sp³-hybridized carbons (Fsp3) is 0.824. The van der Waals surface area contributed by atoms with Crippen LogP contribution in [0.15, 0.2) is 11.6 Å². The molecule has 5 heteroatoms. The summed E-state index contributed by atoms with van der Waals surface area (Å²) in [5, 5.41) is 8.85. The molecule has 22 heavy (non-hydrogen) atoms. The number of allylic oxidation sites excluding steroid dienone is 1. The Labute approximate surface area is 134 Å². The van der Waals surface area contributed by atoms with E-state index in [-0.39, 0.29) is 17.7 Å². The van der Waals surface area contributed by atoms with Crippen molar-refractivity contribution in [1.82, 2.24) is 0 Å². The summed E-state index contributed by atoms with van der Waals surface area (Å²) >= 11 is 0. The number of rotatable bonds is 4. The first-order valence-corrected chi connectivity index (χ1v) is 10.2. The van der Waals surface area contributed by atoms with Gasteiger partial charge in [-0.25, -0.2) is 4.79 Å². The molecule has 0 heterocycles. The second-order valence-electron chi connectivity index (χ2n) is 6.71. The highest BCUT2D eigenvalue weighted by Crippen LogP contribution is 2.27. The van der Waals surface area contributed by atoms with Gasteiger partial charge in [-0.2, -0.15) is 0 Å². The molecule has 2 rings (SSSR count). The lowest BCUT2D eigenvalue weighted by atomic mass is 9.88. The van der Waals surface area contributed by atoms with Crippen molar-refractivity contribution >= 4 is 14.0 Å². The zero-order valence-electron chi connectivity index (χ0n) is 13.7. The van der Waals surface area contributed by atoms with Gasteiger partial charge >= 0.3 is 5.97 Å². The lowest BCUT2D eigenvalue weighted by Gasteiger charge is -2.18. The summed E-state index contributed by atoms with van der Waals surface area (Å²) in [5.41, 5.74) is 0.105. The molecule has 1 unspecified atom stereocenters. The smallest absolute Gasteiger partial charge is 0.331 e. The topological polar surface area (TPSA) is 74.6 Å². The Kier molecular flexibility index (Phi) is 9.74. The van der Waals surface area contributed by atoms with Crippen LogP contribution in [-0.2, 0) is 9.36 Å². The molecule has 0 aliphatic heterocycles. The number of carboxylic acids is 1. The highest BCUT2D eigenvalue weighted by Gasteiger charge is 2.16. The van der Waals surface area contributed by atoms with Crippen LogP contribution >= 0.6 is 8.03 Å². The summed E-state index contributed by atoms with van der Waals surface area (Å²) in [6, 6.07) is 0. The Balaban J connectivity index is 0.000000287. The number of hydrogen-bond donors (Lipinski definition) is 2. The first-order chi connectivity index (χ1) is 10.5. The van der Waals surface area contributed by atoms with Gasteiger partial charge < -0.3 is 10.00 Å². The molecule has 0 aromatic carbocycles. The third-order valence-corrected chi connectivity index (χ3v) is 5.28. The van der Waals surface area contributed by atoms with Crippen molar-refractivity contribution in [2.45, 2.75) is 71.1 Å². The van der Waals surface area contributed by atoms with Crippen LogP contribution in [0.3, 0.4) is 0 Å². The molecule has 1 atom stereocenters. The molecule has 4 nitrogen and oxygen atoms in total. The van der Waals surface area contributed by atoms with Crippen molar-refractivity contribution in [2.24, 2.45) is 11.8 Å². The maximum absolute atomic E-state index is 10.8. The van der Waals surface area contributed by atoms with E-state index < -0.39 is 14.0 Å². The first-order valence-electron chi connectivity index (χ1n) is 8.64. The minimum Gasteiger partial charge on any atom is -0.478 e. The van der Waals surface area contributed by atoms with Crippen LogP contribution in [0.25, 0.3) is 0 Å². The van der Waals surface area contributed by atoms with Crippen LogP contribution in [0.1, 0.15) is 71.1 Å². The van der Waals surface area contributed by atoms with Gasteiger partial charge in [0.2, 0.25) is 0 Å². The average Bonchev–Trinajstić information content (AvgIpc) is 2.48. The third-order valence-electron chi connectivity index (χ3n) is 4.60. The summed E-state index contributed by atoms with van der Waals surface area (Å²) in [7, 11) is -2.73. The summed E-state index contributed by atoms with van der Waals surface area (Å²) in [6.45, 7) is 2.36. The third kappa shape index (κ3) is 8.75. The largest absolute Gasteiger partial charge is 0.478 e. The second-order valence-corrected chi connectivity index (χ2v) is 7.85. The van der Waals surface area contributed by atoms with E-state index in [1.807, 2.05) is 0 Å². The summed E-state index contributed by atoms with van der Waals surface area (Å²) in [5.74, 6) is 0.257. The van der Waals surface area contributed by atoms with Gasteiger partial charge in [0.05, 0.1) is 6.16 Å². The number of carboxylic acid groups (broad SMARTS) is 1. The van der Waals surface area contributed by atoms with Crippen LogP contribution in [-0.4, -0.2) is 22.1 Å². The number of aliphatic carboxylic acids is 1. The van der Waals surface area contributed by atoms with E-state index in [1.165, 1.54) is 38.5 Å². The molecule has 0 aromatic rings. The molecule has 128 valence electrons. The van der Waals surface area contributed by atoms with E-state index in [9.17, 15) is 9.36 Å². The molecule has 0 aromatic heterocycles. The molecular weight excluding hydrogens is 299 g/mol. The zero-order chi connectivity index (χ0) is 16.4. The fourth-order valence-corrected chi connectivity index (χ4v) is 3.86. The van der Waals surface area contributed by atoms with Crippen LogP contribution in [0.5, 0.6) is 0 Å². The molecule has 0 amide bonds. The highest BCUT2D eigenvalue weighted by atomic mass is 31.1. The van der Waals surface area contributed by atoms with Crippen LogP contribution in [0.4, 0.5) is 0 Å². The Morgan fingerprint density at radius 3 is 1.91 bits per heavy atom. The van der Waals surface area contributed by atoms with Crippen molar-refractivity contribution in [1.29, 1.82) is 0 Å². The standard InChI is InChI=1S/C10H17O4P.C7H14/c11-10(12)9(7-15(13)14)6-8-4-2-1-3-5-8;1-7-5-3-2-4-6-7/h6,8,15H,1-5,7H2,(H,11,12)(H,13,14);7H,2-6H2,1H3. The minimum atomic E-state index is -2.73. The van der Waals surface area contributed by atoms with Gasteiger partial charge in [-0.05, 0) is 24.7 Å². The lowest BCUT2D eigenvalue weighted by molar-refractivity contribution is -0.132. The molecular formula is C17H31O4P.